The second-order valence-electron chi connectivity index (χ2n) is 10.2. The van der Waals surface area contributed by atoms with Crippen molar-refractivity contribution in [2.24, 2.45) is 0 Å². The summed E-state index contributed by atoms with van der Waals surface area (Å²) in [4.78, 5) is 13.4. The van der Waals surface area contributed by atoms with Crippen LogP contribution >= 0.6 is 0 Å². The molecule has 40 heavy (non-hydrogen) atoms. The van der Waals surface area contributed by atoms with Gasteiger partial charge in [-0.1, -0.05) is 62.4 Å². The third-order valence-corrected chi connectivity index (χ3v) is 8.76. The summed E-state index contributed by atoms with van der Waals surface area (Å²) in [5.41, 5.74) is 5.02. The van der Waals surface area contributed by atoms with Gasteiger partial charge in [0.2, 0.25) is 0 Å². The molecular weight excluding hydrogens is 520 g/mol. The molecule has 0 aliphatic rings. The van der Waals surface area contributed by atoms with Crippen molar-refractivity contribution in [3.05, 3.63) is 125 Å². The van der Waals surface area contributed by atoms with Crippen molar-refractivity contribution in [3.63, 3.8) is 0 Å². The van der Waals surface area contributed by atoms with Crippen LogP contribution in [0, 0.1) is 6.92 Å². The molecular formula is C33H36N2O4S. The molecule has 6 nitrogen and oxygen atoms in total. The number of methoxy groups -OCH3 is 1. The van der Waals surface area contributed by atoms with E-state index in [9.17, 15) is 13.2 Å². The Hall–Kier alpha value is -4.10. The maximum absolute atomic E-state index is 13.6. The molecule has 0 aromatic heterocycles. The van der Waals surface area contributed by atoms with Gasteiger partial charge in [0.25, 0.3) is 15.9 Å². The molecule has 0 fully saturated rings. The van der Waals surface area contributed by atoms with E-state index in [-0.39, 0.29) is 29.3 Å². The van der Waals surface area contributed by atoms with E-state index in [1.54, 1.807) is 73.8 Å². The number of nitrogens with zero attached hydrogens (tertiary/aromatic N) is 1. The van der Waals surface area contributed by atoms with Crippen molar-refractivity contribution in [1.82, 2.24) is 5.32 Å². The zero-order valence-corrected chi connectivity index (χ0v) is 24.4. The fourth-order valence-electron chi connectivity index (χ4n) is 4.72. The molecule has 0 radical (unpaired) electrons. The number of benzene rings is 4. The Morgan fingerprint density at radius 3 is 2.02 bits per heavy atom. The van der Waals surface area contributed by atoms with Crippen molar-refractivity contribution in [2.75, 3.05) is 11.4 Å². The summed E-state index contributed by atoms with van der Waals surface area (Å²) in [6.45, 7) is 8.35. The van der Waals surface area contributed by atoms with Gasteiger partial charge in [-0.25, -0.2) is 8.42 Å². The number of nitrogens with one attached hydrogen (secondary N) is 1. The number of amides is 1. The van der Waals surface area contributed by atoms with Crippen LogP contribution in [0.2, 0.25) is 0 Å². The Balaban J connectivity index is 1.54. The minimum atomic E-state index is -3.80. The summed E-state index contributed by atoms with van der Waals surface area (Å²) >= 11 is 0. The molecule has 0 heterocycles. The number of carbonyl (C=O) groups is 1. The van der Waals surface area contributed by atoms with E-state index >= 15 is 0 Å². The third-order valence-electron chi connectivity index (χ3n) is 6.97. The lowest BCUT2D eigenvalue weighted by Crippen LogP contribution is -2.30. The molecule has 1 N–H and O–H groups in total. The van der Waals surface area contributed by atoms with Crippen molar-refractivity contribution < 1.29 is 17.9 Å². The first-order chi connectivity index (χ1) is 19.1. The second kappa shape index (κ2) is 12.4. The molecule has 0 spiro atoms. The normalized spacial score (nSPS) is 12.2. The highest BCUT2D eigenvalue weighted by molar-refractivity contribution is 7.92. The molecule has 4 rings (SSSR count). The Bertz CT molecular complexity index is 1550. The van der Waals surface area contributed by atoms with Gasteiger partial charge in [0, 0.05) is 5.56 Å². The van der Waals surface area contributed by atoms with E-state index in [2.05, 4.69) is 25.2 Å². The number of hydrogen-bond acceptors (Lipinski definition) is 4. The van der Waals surface area contributed by atoms with Crippen LogP contribution in [-0.2, 0) is 16.6 Å². The zero-order valence-electron chi connectivity index (χ0n) is 23.6. The third kappa shape index (κ3) is 6.37. The standard InChI is InChI=1S/C33H36N2O4S/c1-23(2)30-21-31(24(3)20-32(30)39-5)25(4)34-33(36)27-18-16-26(17-19-27)22-35(28-12-8-6-9-13-28)40(37,38)29-14-10-7-11-15-29/h6-21,23,25H,22H2,1-5H3,(H,34,36). The maximum atomic E-state index is 13.6. The van der Waals surface area contributed by atoms with E-state index in [1.807, 2.05) is 38.1 Å². The number of aryl methyl sites for hydroxylation is 1. The molecule has 4 aromatic carbocycles. The van der Waals surface area contributed by atoms with Crippen LogP contribution in [0.3, 0.4) is 0 Å². The average Bonchev–Trinajstić information content (AvgIpc) is 2.96. The summed E-state index contributed by atoms with van der Waals surface area (Å²) in [6, 6.07) is 28.4. The number of hydrogen-bond donors (Lipinski definition) is 1. The minimum Gasteiger partial charge on any atom is -0.496 e. The van der Waals surface area contributed by atoms with Crippen molar-refractivity contribution in [2.45, 2.75) is 51.1 Å². The Morgan fingerprint density at radius 2 is 1.45 bits per heavy atom. The number of carbonyl (C=O) groups excluding carboxylic acids is 1. The van der Waals surface area contributed by atoms with Crippen LogP contribution in [0.1, 0.15) is 65.3 Å². The van der Waals surface area contributed by atoms with Crippen molar-refractivity contribution >= 4 is 21.6 Å². The lowest BCUT2D eigenvalue weighted by atomic mass is 9.93. The quantitative estimate of drug-likeness (QED) is 0.228. The van der Waals surface area contributed by atoms with Gasteiger partial charge in [-0.05, 0) is 90.6 Å². The summed E-state index contributed by atoms with van der Waals surface area (Å²) in [7, 11) is -2.13. The lowest BCUT2D eigenvalue weighted by Gasteiger charge is -2.25. The van der Waals surface area contributed by atoms with Gasteiger partial charge in [-0.3, -0.25) is 9.10 Å². The van der Waals surface area contributed by atoms with Gasteiger partial charge < -0.3 is 10.1 Å². The van der Waals surface area contributed by atoms with Crippen LogP contribution in [-0.4, -0.2) is 21.4 Å². The van der Waals surface area contributed by atoms with E-state index in [1.165, 1.54) is 4.31 Å². The molecule has 208 valence electrons. The van der Waals surface area contributed by atoms with E-state index in [0.29, 0.717) is 11.3 Å². The van der Waals surface area contributed by atoms with Gasteiger partial charge in [-0.2, -0.15) is 0 Å². The highest BCUT2D eigenvalue weighted by Crippen LogP contribution is 2.32. The van der Waals surface area contributed by atoms with Crippen LogP contribution in [0.5, 0.6) is 5.75 Å². The minimum absolute atomic E-state index is 0.128. The van der Waals surface area contributed by atoms with Crippen LogP contribution in [0.4, 0.5) is 5.69 Å². The highest BCUT2D eigenvalue weighted by Gasteiger charge is 2.25. The molecule has 1 atom stereocenters. The summed E-state index contributed by atoms with van der Waals surface area (Å²) in [5.74, 6) is 0.937. The van der Waals surface area contributed by atoms with E-state index in [4.69, 9.17) is 4.74 Å². The summed E-state index contributed by atoms with van der Waals surface area (Å²) < 4.78 is 34.1. The topological polar surface area (TPSA) is 75.7 Å². The lowest BCUT2D eigenvalue weighted by molar-refractivity contribution is 0.0939. The molecule has 7 heteroatoms. The molecule has 0 saturated heterocycles. The van der Waals surface area contributed by atoms with Gasteiger partial charge in [0.15, 0.2) is 0 Å². The molecule has 4 aromatic rings. The maximum Gasteiger partial charge on any atom is 0.264 e. The molecule has 1 amide bonds. The molecule has 0 bridgehead atoms. The monoisotopic (exact) mass is 556 g/mol. The van der Waals surface area contributed by atoms with E-state index in [0.717, 1.165) is 28.0 Å². The fraction of sp³-hybridized carbons (Fsp3) is 0.242. The number of para-hydroxylation sites is 1. The Labute approximate surface area is 237 Å². The SMILES string of the molecule is COc1cc(C)c(C(C)NC(=O)c2ccc(CN(c3ccccc3)S(=O)(=O)c3ccccc3)cc2)cc1C(C)C. The molecule has 0 aliphatic heterocycles. The number of sulfonamides is 1. The highest BCUT2D eigenvalue weighted by atomic mass is 32.2. The smallest absolute Gasteiger partial charge is 0.264 e. The fourth-order valence-corrected chi connectivity index (χ4v) is 6.20. The second-order valence-corrected chi connectivity index (χ2v) is 12.0. The molecule has 0 saturated carbocycles. The average molecular weight is 557 g/mol. The Morgan fingerprint density at radius 1 is 0.850 bits per heavy atom. The molecule has 0 aliphatic carbocycles. The first kappa shape index (κ1) is 28.9. The summed E-state index contributed by atoms with van der Waals surface area (Å²) in [6.07, 6.45) is 0. The predicted molar refractivity (Wildman–Crippen MR) is 160 cm³/mol. The Kier molecular flexibility index (Phi) is 8.95. The van der Waals surface area contributed by atoms with Crippen molar-refractivity contribution in [1.29, 1.82) is 0 Å². The number of ether oxygens (including phenoxy) is 1. The number of rotatable bonds is 10. The van der Waals surface area contributed by atoms with Gasteiger partial charge in [0.1, 0.15) is 5.75 Å². The number of anilines is 1. The van der Waals surface area contributed by atoms with Gasteiger partial charge in [0.05, 0.1) is 30.3 Å². The predicted octanol–water partition coefficient (Wildman–Crippen LogP) is 7.01. The molecule has 1 unspecified atom stereocenters. The van der Waals surface area contributed by atoms with Gasteiger partial charge in [-0.15, -0.1) is 0 Å². The van der Waals surface area contributed by atoms with Crippen molar-refractivity contribution in [3.8, 4) is 5.75 Å². The van der Waals surface area contributed by atoms with Crippen LogP contribution in [0.25, 0.3) is 0 Å². The van der Waals surface area contributed by atoms with Crippen LogP contribution in [0.15, 0.2) is 102 Å². The summed E-state index contributed by atoms with van der Waals surface area (Å²) in [5, 5.41) is 3.10. The van der Waals surface area contributed by atoms with Gasteiger partial charge >= 0.3 is 0 Å². The van der Waals surface area contributed by atoms with Crippen LogP contribution < -0.4 is 14.4 Å². The first-order valence-electron chi connectivity index (χ1n) is 13.3. The first-order valence-corrected chi connectivity index (χ1v) is 14.8. The largest absolute Gasteiger partial charge is 0.496 e. The van der Waals surface area contributed by atoms with E-state index < -0.39 is 10.0 Å². The zero-order chi connectivity index (χ0) is 28.9.